The predicted octanol–water partition coefficient (Wildman–Crippen LogP) is 5.22. The zero-order chi connectivity index (χ0) is 18.1. The second-order valence-corrected chi connectivity index (χ2v) is 7.29. The molecular formula is C22H23N3O. The number of anilines is 2. The number of H-pyrrole nitrogens is 1. The third kappa shape index (κ3) is 3.03. The molecule has 0 saturated heterocycles. The van der Waals surface area contributed by atoms with Crippen LogP contribution in [0.5, 0.6) is 0 Å². The van der Waals surface area contributed by atoms with Crippen molar-refractivity contribution in [2.45, 2.75) is 26.7 Å². The molecule has 0 radical (unpaired) electrons. The van der Waals surface area contributed by atoms with E-state index in [9.17, 15) is 4.79 Å². The van der Waals surface area contributed by atoms with Crippen molar-refractivity contribution in [2.24, 2.45) is 11.8 Å². The van der Waals surface area contributed by atoms with Crippen LogP contribution in [0, 0.1) is 11.8 Å². The molecule has 26 heavy (non-hydrogen) atoms. The van der Waals surface area contributed by atoms with E-state index in [1.54, 1.807) is 12.4 Å². The van der Waals surface area contributed by atoms with Gasteiger partial charge in [-0.15, -0.1) is 0 Å². The van der Waals surface area contributed by atoms with Crippen LogP contribution < -0.4 is 5.32 Å². The standard InChI is InChI=1S/C22H23N3O/c1-14(2)16-12-18-20(19(26)13-16)22(24-17-6-4-3-5-7-17)21(25-18)15-8-10-23-11-9-15/h3-11,14,16,24-25H,12-13H2,1-2H3/t16-/m0/s1. The first-order valence-electron chi connectivity index (χ1n) is 9.14. The van der Waals surface area contributed by atoms with Crippen molar-refractivity contribution in [3.8, 4) is 11.3 Å². The van der Waals surface area contributed by atoms with E-state index in [-0.39, 0.29) is 5.78 Å². The quantitative estimate of drug-likeness (QED) is 0.681. The highest BCUT2D eigenvalue weighted by atomic mass is 16.1. The minimum absolute atomic E-state index is 0.222. The zero-order valence-electron chi connectivity index (χ0n) is 15.1. The third-order valence-corrected chi connectivity index (χ3v) is 5.23. The second kappa shape index (κ2) is 6.79. The maximum Gasteiger partial charge on any atom is 0.167 e. The molecule has 1 atom stereocenters. The number of nitrogens with zero attached hydrogens (tertiary/aromatic N) is 1. The Kier molecular flexibility index (Phi) is 4.33. The lowest BCUT2D eigenvalue weighted by molar-refractivity contribution is 0.0934. The molecule has 132 valence electrons. The lowest BCUT2D eigenvalue weighted by Crippen LogP contribution is -2.23. The van der Waals surface area contributed by atoms with E-state index in [2.05, 4.69) is 29.1 Å². The number of hydrogen-bond acceptors (Lipinski definition) is 3. The predicted molar refractivity (Wildman–Crippen MR) is 105 cm³/mol. The molecule has 0 bridgehead atoms. The number of para-hydroxylation sites is 1. The van der Waals surface area contributed by atoms with Gasteiger partial charge < -0.3 is 10.3 Å². The van der Waals surface area contributed by atoms with Crippen LogP contribution in [0.15, 0.2) is 54.9 Å². The summed E-state index contributed by atoms with van der Waals surface area (Å²) in [5, 5.41) is 3.48. The summed E-state index contributed by atoms with van der Waals surface area (Å²) < 4.78 is 0. The van der Waals surface area contributed by atoms with Crippen LogP contribution in [0.3, 0.4) is 0 Å². The van der Waals surface area contributed by atoms with Gasteiger partial charge >= 0.3 is 0 Å². The van der Waals surface area contributed by atoms with Crippen molar-refractivity contribution >= 4 is 17.2 Å². The van der Waals surface area contributed by atoms with Crippen LogP contribution >= 0.6 is 0 Å². The molecule has 1 aliphatic rings. The monoisotopic (exact) mass is 345 g/mol. The van der Waals surface area contributed by atoms with Gasteiger partial charge in [0.25, 0.3) is 0 Å². The van der Waals surface area contributed by atoms with Crippen LogP contribution in [0.4, 0.5) is 11.4 Å². The van der Waals surface area contributed by atoms with Gasteiger partial charge in [-0.25, -0.2) is 0 Å². The molecule has 0 amide bonds. The molecule has 1 aromatic carbocycles. The van der Waals surface area contributed by atoms with Crippen molar-refractivity contribution in [3.63, 3.8) is 0 Å². The maximum absolute atomic E-state index is 13.0. The van der Waals surface area contributed by atoms with Gasteiger partial charge in [-0.3, -0.25) is 9.78 Å². The van der Waals surface area contributed by atoms with Gasteiger partial charge in [-0.1, -0.05) is 32.0 Å². The van der Waals surface area contributed by atoms with Crippen LogP contribution in [-0.4, -0.2) is 15.8 Å². The molecule has 0 unspecified atom stereocenters. The molecule has 4 nitrogen and oxygen atoms in total. The van der Waals surface area contributed by atoms with Crippen molar-refractivity contribution < 1.29 is 4.79 Å². The van der Waals surface area contributed by atoms with Gasteiger partial charge in [0.2, 0.25) is 0 Å². The Bertz CT molecular complexity index is 913. The van der Waals surface area contributed by atoms with Gasteiger partial charge in [0.15, 0.2) is 5.78 Å². The molecule has 2 N–H and O–H groups in total. The minimum Gasteiger partial charge on any atom is -0.356 e. The van der Waals surface area contributed by atoms with Crippen LogP contribution in [0.1, 0.15) is 36.3 Å². The number of carbonyl (C=O) groups is 1. The Balaban J connectivity index is 1.84. The number of ketones is 1. The van der Waals surface area contributed by atoms with Crippen molar-refractivity contribution in [1.82, 2.24) is 9.97 Å². The number of aromatic amines is 1. The number of carbonyl (C=O) groups excluding carboxylic acids is 1. The van der Waals surface area contributed by atoms with Gasteiger partial charge in [0, 0.05) is 35.8 Å². The highest BCUT2D eigenvalue weighted by Gasteiger charge is 2.32. The molecule has 3 aromatic rings. The molecule has 0 saturated carbocycles. The first kappa shape index (κ1) is 16.6. The summed E-state index contributed by atoms with van der Waals surface area (Å²) >= 11 is 0. The number of rotatable bonds is 4. The first-order chi connectivity index (χ1) is 12.6. The fourth-order valence-electron chi connectivity index (χ4n) is 3.68. The molecule has 0 fully saturated rings. The van der Waals surface area contributed by atoms with E-state index < -0.39 is 0 Å². The van der Waals surface area contributed by atoms with Crippen LogP contribution in [-0.2, 0) is 6.42 Å². The van der Waals surface area contributed by atoms with Crippen molar-refractivity contribution in [3.05, 3.63) is 66.1 Å². The lowest BCUT2D eigenvalue weighted by Gasteiger charge is -2.25. The summed E-state index contributed by atoms with van der Waals surface area (Å²) in [6.07, 6.45) is 5.08. The molecule has 0 spiro atoms. The fraction of sp³-hybridized carbons (Fsp3) is 0.273. The highest BCUT2D eigenvalue weighted by Crippen LogP contribution is 2.41. The fourth-order valence-corrected chi connectivity index (χ4v) is 3.68. The number of fused-ring (bicyclic) bond motifs is 1. The Morgan fingerprint density at radius 2 is 1.81 bits per heavy atom. The van der Waals surface area contributed by atoms with E-state index in [4.69, 9.17) is 0 Å². The number of pyridine rings is 1. The topological polar surface area (TPSA) is 57.8 Å². The Hall–Kier alpha value is -2.88. The van der Waals surface area contributed by atoms with Crippen molar-refractivity contribution in [2.75, 3.05) is 5.32 Å². The summed E-state index contributed by atoms with van der Waals surface area (Å²) in [5.41, 5.74) is 5.71. The van der Waals surface area contributed by atoms with E-state index in [0.717, 1.165) is 40.3 Å². The average molecular weight is 345 g/mol. The molecule has 4 rings (SSSR count). The Morgan fingerprint density at radius 1 is 1.08 bits per heavy atom. The molecule has 0 aliphatic heterocycles. The normalized spacial score (nSPS) is 16.6. The second-order valence-electron chi connectivity index (χ2n) is 7.29. The molecule has 2 aromatic heterocycles. The van der Waals surface area contributed by atoms with E-state index >= 15 is 0 Å². The van der Waals surface area contributed by atoms with Crippen molar-refractivity contribution in [1.29, 1.82) is 0 Å². The number of Topliss-reactive ketones (excluding diaryl/α,β-unsaturated/α-hetero) is 1. The zero-order valence-corrected chi connectivity index (χ0v) is 15.1. The van der Waals surface area contributed by atoms with E-state index in [1.807, 2.05) is 42.5 Å². The third-order valence-electron chi connectivity index (χ3n) is 5.23. The molecule has 2 heterocycles. The lowest BCUT2D eigenvalue weighted by atomic mass is 9.80. The van der Waals surface area contributed by atoms with Gasteiger partial charge in [-0.05, 0) is 42.5 Å². The Labute approximate surface area is 153 Å². The first-order valence-corrected chi connectivity index (χ1v) is 9.14. The summed E-state index contributed by atoms with van der Waals surface area (Å²) in [6.45, 7) is 4.39. The summed E-state index contributed by atoms with van der Waals surface area (Å²) in [4.78, 5) is 20.6. The number of hydrogen-bond donors (Lipinski definition) is 2. The summed E-state index contributed by atoms with van der Waals surface area (Å²) in [5.74, 6) is 1.11. The van der Waals surface area contributed by atoms with Crippen LogP contribution in [0.2, 0.25) is 0 Å². The number of benzene rings is 1. The average Bonchev–Trinajstić information content (AvgIpc) is 3.02. The van der Waals surface area contributed by atoms with E-state index in [0.29, 0.717) is 18.3 Å². The van der Waals surface area contributed by atoms with Gasteiger partial charge in [-0.2, -0.15) is 0 Å². The minimum atomic E-state index is 0.222. The number of nitrogens with one attached hydrogen (secondary N) is 2. The Morgan fingerprint density at radius 3 is 2.50 bits per heavy atom. The molecular weight excluding hydrogens is 322 g/mol. The summed E-state index contributed by atoms with van der Waals surface area (Å²) in [6, 6.07) is 13.9. The largest absolute Gasteiger partial charge is 0.356 e. The maximum atomic E-state index is 13.0. The molecule has 1 aliphatic carbocycles. The van der Waals surface area contributed by atoms with Gasteiger partial charge in [0.1, 0.15) is 0 Å². The highest BCUT2D eigenvalue weighted by molar-refractivity contribution is 6.07. The van der Waals surface area contributed by atoms with Crippen LogP contribution in [0.25, 0.3) is 11.3 Å². The van der Waals surface area contributed by atoms with E-state index in [1.165, 1.54) is 0 Å². The molecule has 4 heteroatoms. The summed E-state index contributed by atoms with van der Waals surface area (Å²) in [7, 11) is 0. The SMILES string of the molecule is CC(C)[C@@H]1CC(=O)c2c([nH]c(-c3ccncc3)c2Nc2ccccc2)C1. The van der Waals surface area contributed by atoms with Gasteiger partial charge in [0.05, 0.1) is 16.9 Å². The smallest absolute Gasteiger partial charge is 0.167 e. The number of aromatic nitrogens is 2.